The van der Waals surface area contributed by atoms with Gasteiger partial charge in [-0.2, -0.15) is 0 Å². The summed E-state index contributed by atoms with van der Waals surface area (Å²) in [5.74, 6) is 0.588. The highest BCUT2D eigenvalue weighted by Gasteiger charge is 2.19. The third-order valence-electron chi connectivity index (χ3n) is 2.88. The van der Waals surface area contributed by atoms with E-state index in [0.717, 1.165) is 26.2 Å². The van der Waals surface area contributed by atoms with Crippen LogP contribution in [-0.4, -0.2) is 36.6 Å². The number of hydrogen-bond acceptors (Lipinski definition) is 2. The highest BCUT2D eigenvalue weighted by Crippen LogP contribution is 2.12. The molecule has 0 saturated carbocycles. The highest BCUT2D eigenvalue weighted by atomic mass is 35.5. The van der Waals surface area contributed by atoms with Gasteiger partial charge in [-0.3, -0.25) is 4.90 Å². The number of ether oxygens (including phenoxy) is 1. The van der Waals surface area contributed by atoms with E-state index in [-0.39, 0.29) is 6.10 Å². The zero-order chi connectivity index (χ0) is 11.4. The lowest BCUT2D eigenvalue weighted by atomic mass is 10.1. The Morgan fingerprint density at radius 1 is 1.50 bits per heavy atom. The number of aryl methyl sites for hydroxylation is 1. The van der Waals surface area contributed by atoms with Crippen LogP contribution in [0.4, 0.5) is 0 Å². The van der Waals surface area contributed by atoms with Crippen molar-refractivity contribution in [3.8, 4) is 0 Å². The maximum atomic E-state index is 5.82. The smallest absolute Gasteiger partial charge is 0.0837 e. The molecule has 16 heavy (non-hydrogen) atoms. The number of alkyl halides is 1. The van der Waals surface area contributed by atoms with Crippen molar-refractivity contribution in [2.75, 3.05) is 25.6 Å². The van der Waals surface area contributed by atoms with Gasteiger partial charge in [0.2, 0.25) is 0 Å². The number of morpholine rings is 1. The van der Waals surface area contributed by atoms with Gasteiger partial charge in [-0.05, 0) is 12.5 Å². The summed E-state index contributed by atoms with van der Waals surface area (Å²) in [5.41, 5.74) is 2.69. The summed E-state index contributed by atoms with van der Waals surface area (Å²) in [4.78, 5) is 2.41. The molecular weight excluding hydrogens is 222 g/mol. The molecule has 0 amide bonds. The van der Waals surface area contributed by atoms with E-state index in [2.05, 4.69) is 36.1 Å². The van der Waals surface area contributed by atoms with Gasteiger partial charge in [0.25, 0.3) is 0 Å². The minimum absolute atomic E-state index is 0.195. The predicted octanol–water partition coefficient (Wildman–Crippen LogP) is 2.43. The van der Waals surface area contributed by atoms with E-state index < -0.39 is 0 Å². The number of nitrogens with zero attached hydrogens (tertiary/aromatic N) is 1. The molecule has 0 aliphatic carbocycles. The normalized spacial score (nSPS) is 22.2. The Labute approximate surface area is 102 Å². The zero-order valence-corrected chi connectivity index (χ0v) is 10.4. The summed E-state index contributed by atoms with van der Waals surface area (Å²) in [6, 6.07) is 8.66. The molecule has 2 rings (SSSR count). The van der Waals surface area contributed by atoms with Crippen molar-refractivity contribution < 1.29 is 4.74 Å². The molecule has 1 unspecified atom stereocenters. The maximum absolute atomic E-state index is 5.82. The van der Waals surface area contributed by atoms with Crippen molar-refractivity contribution in [1.29, 1.82) is 0 Å². The molecule has 1 aromatic rings. The second-order valence-corrected chi connectivity index (χ2v) is 4.68. The fourth-order valence-corrected chi connectivity index (χ4v) is 2.27. The van der Waals surface area contributed by atoms with Gasteiger partial charge >= 0.3 is 0 Å². The number of benzene rings is 1. The minimum Gasteiger partial charge on any atom is -0.374 e. The summed E-state index contributed by atoms with van der Waals surface area (Å²) >= 11 is 5.82. The largest absolute Gasteiger partial charge is 0.374 e. The van der Waals surface area contributed by atoms with Crippen LogP contribution in [-0.2, 0) is 11.3 Å². The van der Waals surface area contributed by atoms with Gasteiger partial charge in [-0.25, -0.2) is 0 Å². The predicted molar refractivity (Wildman–Crippen MR) is 66.9 cm³/mol. The van der Waals surface area contributed by atoms with E-state index >= 15 is 0 Å². The molecule has 0 radical (unpaired) electrons. The maximum Gasteiger partial charge on any atom is 0.0837 e. The van der Waals surface area contributed by atoms with Crippen LogP contribution in [0.15, 0.2) is 24.3 Å². The van der Waals surface area contributed by atoms with Crippen LogP contribution < -0.4 is 0 Å². The first-order valence-electron chi connectivity index (χ1n) is 5.73. The third kappa shape index (κ3) is 3.21. The van der Waals surface area contributed by atoms with Crippen LogP contribution in [0.1, 0.15) is 11.1 Å². The average Bonchev–Trinajstić information content (AvgIpc) is 2.29. The molecule has 0 spiro atoms. The van der Waals surface area contributed by atoms with E-state index in [9.17, 15) is 0 Å². The summed E-state index contributed by atoms with van der Waals surface area (Å²) in [6.07, 6.45) is 0.195. The fourth-order valence-electron chi connectivity index (χ4n) is 2.09. The first-order chi connectivity index (χ1) is 7.78. The molecule has 0 bridgehead atoms. The van der Waals surface area contributed by atoms with Crippen LogP contribution in [0, 0.1) is 6.92 Å². The fraction of sp³-hybridized carbons (Fsp3) is 0.538. The lowest BCUT2D eigenvalue weighted by molar-refractivity contribution is -0.0194. The molecule has 88 valence electrons. The molecule has 1 aliphatic heterocycles. The monoisotopic (exact) mass is 239 g/mol. The van der Waals surface area contributed by atoms with Crippen LogP contribution in [0.5, 0.6) is 0 Å². The molecule has 1 saturated heterocycles. The van der Waals surface area contributed by atoms with Gasteiger partial charge in [0.15, 0.2) is 0 Å². The van der Waals surface area contributed by atoms with E-state index in [1.165, 1.54) is 11.1 Å². The molecule has 1 heterocycles. The van der Waals surface area contributed by atoms with Gasteiger partial charge in [-0.15, -0.1) is 11.6 Å². The Morgan fingerprint density at radius 2 is 2.38 bits per heavy atom. The van der Waals surface area contributed by atoms with Gasteiger partial charge in [0.1, 0.15) is 0 Å². The van der Waals surface area contributed by atoms with Gasteiger partial charge in [0.05, 0.1) is 12.7 Å². The molecular formula is C13H18ClNO. The van der Waals surface area contributed by atoms with E-state index in [4.69, 9.17) is 16.3 Å². The average molecular weight is 240 g/mol. The summed E-state index contributed by atoms with van der Waals surface area (Å²) < 4.78 is 5.55. The van der Waals surface area contributed by atoms with Crippen LogP contribution >= 0.6 is 11.6 Å². The molecule has 1 aromatic carbocycles. The Kier molecular flexibility index (Phi) is 4.22. The SMILES string of the molecule is Cc1cccc(CN2CCOC(CCl)C2)c1. The first kappa shape index (κ1) is 11.9. The highest BCUT2D eigenvalue weighted by molar-refractivity contribution is 6.18. The van der Waals surface area contributed by atoms with Crippen molar-refractivity contribution in [3.63, 3.8) is 0 Å². The molecule has 3 heteroatoms. The lowest BCUT2D eigenvalue weighted by Gasteiger charge is -2.32. The summed E-state index contributed by atoms with van der Waals surface area (Å²) in [7, 11) is 0. The standard InChI is InChI=1S/C13H18ClNO/c1-11-3-2-4-12(7-11)9-15-5-6-16-13(8-14)10-15/h2-4,7,13H,5-6,8-10H2,1H3. The molecule has 1 atom stereocenters. The van der Waals surface area contributed by atoms with E-state index in [0.29, 0.717) is 5.88 Å². The lowest BCUT2D eigenvalue weighted by Crippen LogP contribution is -2.42. The Balaban J connectivity index is 1.94. The second-order valence-electron chi connectivity index (χ2n) is 4.37. The quantitative estimate of drug-likeness (QED) is 0.752. The molecule has 0 aromatic heterocycles. The molecule has 0 N–H and O–H groups in total. The van der Waals surface area contributed by atoms with Crippen LogP contribution in [0.2, 0.25) is 0 Å². The molecule has 2 nitrogen and oxygen atoms in total. The minimum atomic E-state index is 0.195. The topological polar surface area (TPSA) is 12.5 Å². The first-order valence-corrected chi connectivity index (χ1v) is 6.27. The van der Waals surface area contributed by atoms with Crippen molar-refractivity contribution in [1.82, 2.24) is 4.90 Å². The number of halogens is 1. The second kappa shape index (κ2) is 5.67. The van der Waals surface area contributed by atoms with Gasteiger partial charge in [-0.1, -0.05) is 29.8 Å². The third-order valence-corrected chi connectivity index (χ3v) is 3.23. The summed E-state index contributed by atoms with van der Waals surface area (Å²) in [6.45, 7) is 5.87. The van der Waals surface area contributed by atoms with Crippen molar-refractivity contribution in [3.05, 3.63) is 35.4 Å². The molecule has 1 aliphatic rings. The van der Waals surface area contributed by atoms with E-state index in [1.54, 1.807) is 0 Å². The van der Waals surface area contributed by atoms with Gasteiger partial charge < -0.3 is 4.74 Å². The summed E-state index contributed by atoms with van der Waals surface area (Å²) in [5, 5.41) is 0. The van der Waals surface area contributed by atoms with E-state index in [1.807, 2.05) is 0 Å². The number of rotatable bonds is 3. The van der Waals surface area contributed by atoms with Crippen molar-refractivity contribution in [2.45, 2.75) is 19.6 Å². The van der Waals surface area contributed by atoms with Crippen LogP contribution in [0.25, 0.3) is 0 Å². The number of hydrogen-bond donors (Lipinski definition) is 0. The Morgan fingerprint density at radius 3 is 3.12 bits per heavy atom. The Bertz CT molecular complexity index is 342. The van der Waals surface area contributed by atoms with Gasteiger partial charge in [0, 0.05) is 25.5 Å². The zero-order valence-electron chi connectivity index (χ0n) is 9.66. The molecule has 1 fully saturated rings. The Hall–Kier alpha value is -0.570. The van der Waals surface area contributed by atoms with Crippen molar-refractivity contribution in [2.24, 2.45) is 0 Å². The van der Waals surface area contributed by atoms with Crippen molar-refractivity contribution >= 4 is 11.6 Å². The van der Waals surface area contributed by atoms with Crippen LogP contribution in [0.3, 0.4) is 0 Å².